The Morgan fingerprint density at radius 2 is 2.06 bits per heavy atom. The molecule has 0 aliphatic carbocycles. The Hall–Kier alpha value is -1.06. The molecule has 0 aliphatic heterocycles. The van der Waals surface area contributed by atoms with Crippen molar-refractivity contribution in [3.05, 3.63) is 29.3 Å². The topological polar surface area (TPSA) is 58.3 Å². The first-order chi connectivity index (χ1) is 7.58. The number of hydrogen-bond acceptors (Lipinski definition) is 3. The Morgan fingerprint density at radius 1 is 1.38 bits per heavy atom. The summed E-state index contributed by atoms with van der Waals surface area (Å²) in [6.07, 6.45) is 0. The van der Waals surface area contributed by atoms with Crippen molar-refractivity contribution in [1.82, 2.24) is 0 Å². The highest BCUT2D eigenvalue weighted by molar-refractivity contribution is 5.53. The van der Waals surface area contributed by atoms with E-state index in [1.54, 1.807) is 0 Å². The van der Waals surface area contributed by atoms with Gasteiger partial charge in [0.25, 0.3) is 0 Å². The molecule has 0 heterocycles. The van der Waals surface area contributed by atoms with E-state index in [0.717, 1.165) is 11.3 Å². The number of rotatable bonds is 5. The lowest BCUT2D eigenvalue weighted by atomic mass is 10.0. The minimum atomic E-state index is 0.0760. The zero-order valence-electron chi connectivity index (χ0n) is 10.3. The van der Waals surface area contributed by atoms with E-state index in [1.165, 1.54) is 5.56 Å². The third-order valence-corrected chi connectivity index (χ3v) is 2.83. The average Bonchev–Trinajstić information content (AvgIpc) is 2.25. The van der Waals surface area contributed by atoms with Crippen molar-refractivity contribution in [1.29, 1.82) is 0 Å². The summed E-state index contributed by atoms with van der Waals surface area (Å²) in [7, 11) is 0. The van der Waals surface area contributed by atoms with Gasteiger partial charge in [-0.1, -0.05) is 26.0 Å². The first kappa shape index (κ1) is 13.0. The van der Waals surface area contributed by atoms with Crippen molar-refractivity contribution < 1.29 is 5.11 Å². The van der Waals surface area contributed by atoms with Crippen LogP contribution >= 0.6 is 0 Å². The molecular formula is C13H22N2O. The molecule has 16 heavy (non-hydrogen) atoms. The molecule has 0 saturated heterocycles. The van der Waals surface area contributed by atoms with Crippen molar-refractivity contribution in [3.8, 4) is 0 Å². The summed E-state index contributed by atoms with van der Waals surface area (Å²) in [6, 6.07) is 6.24. The fourth-order valence-electron chi connectivity index (χ4n) is 1.63. The molecular weight excluding hydrogens is 200 g/mol. The molecule has 1 rings (SSSR count). The Labute approximate surface area is 97.7 Å². The number of hydrogen-bond donors (Lipinski definition) is 3. The van der Waals surface area contributed by atoms with Gasteiger partial charge >= 0.3 is 0 Å². The Bertz CT molecular complexity index is 337. The number of anilines is 1. The van der Waals surface area contributed by atoms with Crippen molar-refractivity contribution in [2.45, 2.75) is 33.4 Å². The molecule has 0 unspecified atom stereocenters. The quantitative estimate of drug-likeness (QED) is 0.713. The molecule has 1 atom stereocenters. The number of nitrogens with two attached hydrogens (primary N) is 1. The van der Waals surface area contributed by atoms with Crippen LogP contribution in [0.2, 0.25) is 0 Å². The van der Waals surface area contributed by atoms with Gasteiger partial charge in [-0.25, -0.2) is 0 Å². The SMILES string of the molecule is Cc1ccc(CN)c(N[C@H](CO)C(C)C)c1. The molecule has 0 spiro atoms. The molecule has 0 bridgehead atoms. The van der Waals surface area contributed by atoms with Gasteiger partial charge in [-0.15, -0.1) is 0 Å². The second-order valence-corrected chi connectivity index (χ2v) is 4.54. The lowest BCUT2D eigenvalue weighted by molar-refractivity contribution is 0.249. The lowest BCUT2D eigenvalue weighted by Gasteiger charge is -2.23. The van der Waals surface area contributed by atoms with Crippen LogP contribution in [0.5, 0.6) is 0 Å². The summed E-state index contributed by atoms with van der Waals surface area (Å²) < 4.78 is 0. The fraction of sp³-hybridized carbons (Fsp3) is 0.538. The highest BCUT2D eigenvalue weighted by Crippen LogP contribution is 2.19. The summed E-state index contributed by atoms with van der Waals surface area (Å²) in [5.74, 6) is 0.385. The largest absolute Gasteiger partial charge is 0.394 e. The van der Waals surface area contributed by atoms with Gasteiger partial charge in [-0.05, 0) is 30.0 Å². The third-order valence-electron chi connectivity index (χ3n) is 2.83. The number of aryl methyl sites for hydroxylation is 1. The molecule has 1 aromatic rings. The second-order valence-electron chi connectivity index (χ2n) is 4.54. The van der Waals surface area contributed by atoms with E-state index in [2.05, 4.69) is 38.2 Å². The highest BCUT2D eigenvalue weighted by atomic mass is 16.3. The summed E-state index contributed by atoms with van der Waals surface area (Å²) in [6.45, 7) is 6.88. The van der Waals surface area contributed by atoms with Gasteiger partial charge in [0.1, 0.15) is 0 Å². The number of aliphatic hydroxyl groups is 1. The third kappa shape index (κ3) is 3.22. The van der Waals surface area contributed by atoms with Crippen LogP contribution in [0.15, 0.2) is 18.2 Å². The van der Waals surface area contributed by atoms with E-state index >= 15 is 0 Å². The standard InChI is InChI=1S/C13H22N2O/c1-9(2)13(8-16)15-12-6-10(3)4-5-11(12)7-14/h4-6,9,13,15-16H,7-8,14H2,1-3H3/t13-/m1/s1. The predicted octanol–water partition coefficient (Wildman–Crippen LogP) is 1.88. The van der Waals surface area contributed by atoms with Crippen LogP contribution in [0.3, 0.4) is 0 Å². The fourth-order valence-corrected chi connectivity index (χ4v) is 1.63. The van der Waals surface area contributed by atoms with Crippen molar-refractivity contribution in [2.24, 2.45) is 11.7 Å². The lowest BCUT2D eigenvalue weighted by Crippen LogP contribution is -2.30. The van der Waals surface area contributed by atoms with Gasteiger partial charge in [0, 0.05) is 12.2 Å². The van der Waals surface area contributed by atoms with Gasteiger partial charge in [0.05, 0.1) is 12.6 Å². The molecule has 0 amide bonds. The van der Waals surface area contributed by atoms with E-state index in [9.17, 15) is 5.11 Å². The predicted molar refractivity (Wildman–Crippen MR) is 68.4 cm³/mol. The molecule has 0 radical (unpaired) electrons. The molecule has 0 fully saturated rings. The van der Waals surface area contributed by atoms with Crippen molar-refractivity contribution in [2.75, 3.05) is 11.9 Å². The second kappa shape index (κ2) is 5.87. The summed E-state index contributed by atoms with van der Waals surface area (Å²) in [4.78, 5) is 0. The Morgan fingerprint density at radius 3 is 2.56 bits per heavy atom. The van der Waals surface area contributed by atoms with E-state index in [-0.39, 0.29) is 12.6 Å². The van der Waals surface area contributed by atoms with Crippen LogP contribution in [0.25, 0.3) is 0 Å². The molecule has 3 heteroatoms. The van der Waals surface area contributed by atoms with E-state index in [1.807, 2.05) is 6.07 Å². The Kier molecular flexibility index (Phi) is 4.77. The van der Waals surface area contributed by atoms with Crippen molar-refractivity contribution in [3.63, 3.8) is 0 Å². The molecule has 3 nitrogen and oxygen atoms in total. The minimum absolute atomic E-state index is 0.0760. The van der Waals surface area contributed by atoms with Gasteiger partial charge in [0.2, 0.25) is 0 Å². The normalized spacial score (nSPS) is 12.9. The highest BCUT2D eigenvalue weighted by Gasteiger charge is 2.13. The first-order valence-electron chi connectivity index (χ1n) is 5.75. The minimum Gasteiger partial charge on any atom is -0.394 e. The molecule has 1 aromatic carbocycles. The van der Waals surface area contributed by atoms with Gasteiger partial charge in [0.15, 0.2) is 0 Å². The maximum atomic E-state index is 9.30. The molecule has 4 N–H and O–H groups in total. The molecule has 0 aliphatic rings. The first-order valence-corrected chi connectivity index (χ1v) is 5.75. The van der Waals surface area contributed by atoms with Crippen LogP contribution < -0.4 is 11.1 Å². The van der Waals surface area contributed by atoms with E-state index < -0.39 is 0 Å². The van der Waals surface area contributed by atoms with Crippen LogP contribution in [0, 0.1) is 12.8 Å². The number of aliphatic hydroxyl groups excluding tert-OH is 1. The van der Waals surface area contributed by atoms with Gasteiger partial charge in [-0.2, -0.15) is 0 Å². The molecule has 0 saturated carbocycles. The maximum absolute atomic E-state index is 9.30. The van der Waals surface area contributed by atoms with Crippen LogP contribution in [-0.2, 0) is 6.54 Å². The van der Waals surface area contributed by atoms with Crippen LogP contribution in [0.4, 0.5) is 5.69 Å². The van der Waals surface area contributed by atoms with Crippen LogP contribution in [0.1, 0.15) is 25.0 Å². The van der Waals surface area contributed by atoms with E-state index in [0.29, 0.717) is 12.5 Å². The molecule has 90 valence electrons. The van der Waals surface area contributed by atoms with Crippen molar-refractivity contribution >= 4 is 5.69 Å². The zero-order chi connectivity index (χ0) is 12.1. The smallest absolute Gasteiger partial charge is 0.0635 e. The Balaban J connectivity index is 2.89. The summed E-state index contributed by atoms with van der Waals surface area (Å²) >= 11 is 0. The number of nitrogens with one attached hydrogen (secondary N) is 1. The average molecular weight is 222 g/mol. The number of benzene rings is 1. The summed E-state index contributed by atoms with van der Waals surface area (Å²) in [5, 5.41) is 12.7. The van der Waals surface area contributed by atoms with Gasteiger partial charge in [-0.3, -0.25) is 0 Å². The maximum Gasteiger partial charge on any atom is 0.0635 e. The zero-order valence-corrected chi connectivity index (χ0v) is 10.3. The monoisotopic (exact) mass is 222 g/mol. The van der Waals surface area contributed by atoms with Crippen LogP contribution in [-0.4, -0.2) is 17.8 Å². The van der Waals surface area contributed by atoms with E-state index in [4.69, 9.17) is 5.73 Å². The molecule has 0 aromatic heterocycles. The summed E-state index contributed by atoms with van der Waals surface area (Å²) in [5.41, 5.74) is 9.01. The van der Waals surface area contributed by atoms with Gasteiger partial charge < -0.3 is 16.2 Å².